The molecule has 3 aromatic carbocycles. The Morgan fingerprint density at radius 3 is 1.88 bits per heavy atom. The van der Waals surface area contributed by atoms with Gasteiger partial charge in [0.25, 0.3) is 10.0 Å². The van der Waals surface area contributed by atoms with Gasteiger partial charge in [-0.25, -0.2) is 12.8 Å². The van der Waals surface area contributed by atoms with Crippen molar-refractivity contribution in [2.45, 2.75) is 70.6 Å². The Morgan fingerprint density at radius 1 is 0.853 bits per heavy atom. The lowest BCUT2D eigenvalue weighted by Gasteiger charge is -2.28. The van der Waals surface area contributed by atoms with Crippen molar-refractivity contribution < 1.29 is 17.9 Å². The predicted octanol–water partition coefficient (Wildman–Crippen LogP) is 6.83. The summed E-state index contributed by atoms with van der Waals surface area (Å²) in [6.07, 6.45) is 0.302. The molecule has 0 heterocycles. The van der Waals surface area contributed by atoms with Crippen LogP contribution < -0.4 is 4.72 Å². The van der Waals surface area contributed by atoms with Crippen LogP contribution >= 0.6 is 0 Å². The average molecular weight is 484 g/mol. The number of aryl methyl sites for hydroxylation is 1. The van der Waals surface area contributed by atoms with E-state index in [1.54, 1.807) is 24.3 Å². The number of phenols is 1. The number of hydrogen-bond acceptors (Lipinski definition) is 3. The Kier molecular flexibility index (Phi) is 6.87. The first-order valence-electron chi connectivity index (χ1n) is 11.3. The van der Waals surface area contributed by atoms with Gasteiger partial charge in [-0.1, -0.05) is 71.4 Å². The van der Waals surface area contributed by atoms with E-state index in [4.69, 9.17) is 0 Å². The maximum atomic E-state index is 14.2. The summed E-state index contributed by atoms with van der Waals surface area (Å²) in [6.45, 7) is 14.1. The van der Waals surface area contributed by atoms with Crippen LogP contribution in [0.15, 0.2) is 59.5 Å². The van der Waals surface area contributed by atoms with E-state index in [0.29, 0.717) is 17.7 Å². The first-order valence-corrected chi connectivity index (χ1v) is 12.8. The molecule has 0 atom stereocenters. The third kappa shape index (κ3) is 5.79. The highest BCUT2D eigenvalue weighted by atomic mass is 32.2. The molecule has 0 aliphatic heterocycles. The minimum Gasteiger partial charge on any atom is -0.507 e. The second-order valence-corrected chi connectivity index (χ2v) is 12.6. The zero-order chi connectivity index (χ0) is 25.5. The van der Waals surface area contributed by atoms with Crippen molar-refractivity contribution in [3.63, 3.8) is 0 Å². The molecule has 0 spiro atoms. The molecule has 0 amide bonds. The van der Waals surface area contributed by atoms with Crippen LogP contribution in [-0.2, 0) is 27.3 Å². The van der Waals surface area contributed by atoms with E-state index in [1.807, 2.05) is 60.6 Å². The van der Waals surface area contributed by atoms with Crippen LogP contribution in [0.25, 0.3) is 0 Å². The van der Waals surface area contributed by atoms with Gasteiger partial charge >= 0.3 is 0 Å². The van der Waals surface area contributed by atoms with Crippen LogP contribution in [0.1, 0.15) is 69.4 Å². The molecular formula is C28H34FNO3S. The molecule has 34 heavy (non-hydrogen) atoms. The van der Waals surface area contributed by atoms with Gasteiger partial charge in [-0.05, 0) is 76.8 Å². The molecule has 0 aliphatic rings. The fraction of sp³-hybridized carbons (Fsp3) is 0.357. The van der Waals surface area contributed by atoms with Gasteiger partial charge in [0.1, 0.15) is 11.6 Å². The van der Waals surface area contributed by atoms with Crippen molar-refractivity contribution >= 4 is 15.7 Å². The minimum absolute atomic E-state index is 0.142. The van der Waals surface area contributed by atoms with Crippen molar-refractivity contribution in [3.05, 3.63) is 88.2 Å². The number of anilines is 1. The SMILES string of the molecule is Cc1ccc(S(=O)(=O)Nc2ccc(F)cc2Cc2cc(C(C)(C)C)c(O)c(C(C)(C)C)c2)cc1. The number of benzene rings is 3. The molecule has 0 saturated heterocycles. The van der Waals surface area contributed by atoms with E-state index in [2.05, 4.69) is 4.72 Å². The topological polar surface area (TPSA) is 66.4 Å². The fourth-order valence-corrected chi connectivity index (χ4v) is 4.99. The Bertz CT molecular complexity index is 1260. The van der Waals surface area contributed by atoms with Gasteiger partial charge in [-0.15, -0.1) is 0 Å². The van der Waals surface area contributed by atoms with Gasteiger partial charge in [0.2, 0.25) is 0 Å². The first kappa shape index (κ1) is 25.8. The van der Waals surface area contributed by atoms with Crippen LogP contribution in [0.3, 0.4) is 0 Å². The van der Waals surface area contributed by atoms with Crippen LogP contribution in [0.2, 0.25) is 0 Å². The van der Waals surface area contributed by atoms with Gasteiger partial charge in [0.15, 0.2) is 0 Å². The standard InChI is InChI=1S/C28H34FNO3S/c1-18-8-11-22(12-9-18)34(32,33)30-25-13-10-21(29)17-20(25)14-19-15-23(27(2,3)4)26(31)24(16-19)28(5,6)7/h8-13,15-17,30-31H,14H2,1-7H3. The zero-order valence-electron chi connectivity index (χ0n) is 21.0. The van der Waals surface area contributed by atoms with E-state index < -0.39 is 15.8 Å². The van der Waals surface area contributed by atoms with Gasteiger partial charge < -0.3 is 5.11 Å². The van der Waals surface area contributed by atoms with E-state index in [1.165, 1.54) is 18.2 Å². The van der Waals surface area contributed by atoms with Crippen molar-refractivity contribution in [2.75, 3.05) is 4.72 Å². The third-order valence-electron chi connectivity index (χ3n) is 5.82. The molecule has 2 N–H and O–H groups in total. The number of sulfonamides is 1. The van der Waals surface area contributed by atoms with E-state index in [0.717, 1.165) is 22.3 Å². The molecule has 0 unspecified atom stereocenters. The lowest BCUT2D eigenvalue weighted by Crippen LogP contribution is -2.18. The first-order chi connectivity index (χ1) is 15.6. The molecule has 4 nitrogen and oxygen atoms in total. The van der Waals surface area contributed by atoms with Gasteiger partial charge in [-0.3, -0.25) is 4.72 Å². The summed E-state index contributed by atoms with van der Waals surface area (Å²) in [5, 5.41) is 11.0. The monoisotopic (exact) mass is 483 g/mol. The number of phenolic OH excluding ortho intramolecular Hbond substituents is 1. The summed E-state index contributed by atoms with van der Waals surface area (Å²) in [5.41, 5.74) is 3.65. The van der Waals surface area contributed by atoms with Crippen LogP contribution in [-0.4, -0.2) is 13.5 Å². The quantitative estimate of drug-likeness (QED) is 0.418. The fourth-order valence-electron chi connectivity index (χ4n) is 3.89. The molecule has 0 radical (unpaired) electrons. The van der Waals surface area contributed by atoms with E-state index in [-0.39, 0.29) is 21.5 Å². The minimum atomic E-state index is -3.84. The Labute approximate surface area is 202 Å². The Morgan fingerprint density at radius 2 is 1.38 bits per heavy atom. The Balaban J connectivity index is 2.07. The highest BCUT2D eigenvalue weighted by molar-refractivity contribution is 7.92. The molecule has 0 aromatic heterocycles. The highest BCUT2D eigenvalue weighted by Gasteiger charge is 2.27. The lowest BCUT2D eigenvalue weighted by atomic mass is 9.78. The van der Waals surface area contributed by atoms with Gasteiger partial charge in [-0.2, -0.15) is 0 Å². The molecule has 0 aliphatic carbocycles. The average Bonchev–Trinajstić information content (AvgIpc) is 2.69. The van der Waals surface area contributed by atoms with Crippen molar-refractivity contribution in [1.82, 2.24) is 0 Å². The molecule has 0 saturated carbocycles. The van der Waals surface area contributed by atoms with Crippen LogP contribution in [0.5, 0.6) is 5.75 Å². The lowest BCUT2D eigenvalue weighted by molar-refractivity contribution is 0.423. The van der Waals surface area contributed by atoms with E-state index in [9.17, 15) is 17.9 Å². The number of hydrogen-bond donors (Lipinski definition) is 2. The number of halogens is 1. The normalized spacial score (nSPS) is 12.6. The molecule has 0 bridgehead atoms. The number of nitrogens with one attached hydrogen (secondary N) is 1. The second-order valence-electron chi connectivity index (χ2n) is 10.9. The molecule has 6 heteroatoms. The summed E-state index contributed by atoms with van der Waals surface area (Å²) < 4.78 is 42.8. The zero-order valence-corrected chi connectivity index (χ0v) is 21.8. The summed E-state index contributed by atoms with van der Waals surface area (Å²) in [7, 11) is -3.84. The third-order valence-corrected chi connectivity index (χ3v) is 7.20. The van der Waals surface area contributed by atoms with E-state index >= 15 is 0 Å². The highest BCUT2D eigenvalue weighted by Crippen LogP contribution is 2.40. The summed E-state index contributed by atoms with van der Waals surface area (Å²) in [4.78, 5) is 0.142. The van der Waals surface area contributed by atoms with Crippen molar-refractivity contribution in [1.29, 1.82) is 0 Å². The number of aromatic hydroxyl groups is 1. The second kappa shape index (κ2) is 9.06. The summed E-state index contributed by atoms with van der Waals surface area (Å²) >= 11 is 0. The Hall–Kier alpha value is -2.86. The van der Waals surface area contributed by atoms with Crippen molar-refractivity contribution in [3.8, 4) is 5.75 Å². The molecule has 3 rings (SSSR count). The van der Waals surface area contributed by atoms with Crippen LogP contribution in [0.4, 0.5) is 10.1 Å². The maximum absolute atomic E-state index is 14.2. The number of rotatable bonds is 5. The largest absolute Gasteiger partial charge is 0.507 e. The molecule has 182 valence electrons. The molecule has 3 aromatic rings. The molecular weight excluding hydrogens is 449 g/mol. The maximum Gasteiger partial charge on any atom is 0.261 e. The van der Waals surface area contributed by atoms with Crippen molar-refractivity contribution in [2.24, 2.45) is 0 Å². The molecule has 0 fully saturated rings. The smallest absolute Gasteiger partial charge is 0.261 e. The van der Waals surface area contributed by atoms with Crippen LogP contribution in [0, 0.1) is 12.7 Å². The summed E-state index contributed by atoms with van der Waals surface area (Å²) in [5.74, 6) is -0.178. The predicted molar refractivity (Wildman–Crippen MR) is 137 cm³/mol. The van der Waals surface area contributed by atoms with Gasteiger partial charge in [0.05, 0.1) is 10.6 Å². The van der Waals surface area contributed by atoms with Gasteiger partial charge in [0, 0.05) is 0 Å². The summed E-state index contributed by atoms with van der Waals surface area (Å²) in [6, 6.07) is 14.5.